The summed E-state index contributed by atoms with van der Waals surface area (Å²) in [5, 5.41) is 4.26. The summed E-state index contributed by atoms with van der Waals surface area (Å²) >= 11 is 1.70. The van der Waals surface area contributed by atoms with Gasteiger partial charge in [0.15, 0.2) is 0 Å². The Labute approximate surface area is 131 Å². The molecule has 0 bridgehead atoms. The molecule has 4 heteroatoms. The molecular weight excluding hydrogens is 283 g/mol. The molecule has 1 heterocycles. The van der Waals surface area contributed by atoms with Gasteiger partial charge in [-0.1, -0.05) is 19.9 Å². The van der Waals surface area contributed by atoms with Gasteiger partial charge in [-0.2, -0.15) is 0 Å². The summed E-state index contributed by atoms with van der Waals surface area (Å²) in [6.07, 6.45) is 0. The Kier molecular flexibility index (Phi) is 5.36. The lowest BCUT2D eigenvalue weighted by atomic mass is 10.1. The lowest BCUT2D eigenvalue weighted by Gasteiger charge is -2.22. The average Bonchev–Trinajstić information content (AvgIpc) is 2.75. The van der Waals surface area contributed by atoms with Crippen LogP contribution in [0.3, 0.4) is 0 Å². The molecule has 1 aromatic carbocycles. The van der Waals surface area contributed by atoms with Crippen LogP contribution in [0, 0.1) is 5.82 Å². The second-order valence-corrected chi connectivity index (χ2v) is 7.30. The summed E-state index contributed by atoms with van der Waals surface area (Å²) in [6, 6.07) is 6.24. The van der Waals surface area contributed by atoms with Crippen molar-refractivity contribution in [3.05, 3.63) is 34.5 Å². The molecule has 0 aliphatic carbocycles. The van der Waals surface area contributed by atoms with Crippen molar-refractivity contribution in [3.8, 4) is 0 Å². The fourth-order valence-electron chi connectivity index (χ4n) is 2.25. The number of rotatable bonds is 6. The molecule has 0 saturated heterocycles. The first-order chi connectivity index (χ1) is 9.90. The van der Waals surface area contributed by atoms with Crippen LogP contribution in [0.1, 0.15) is 38.1 Å². The Morgan fingerprint density at radius 3 is 2.57 bits per heavy atom. The van der Waals surface area contributed by atoms with Crippen molar-refractivity contribution in [1.29, 1.82) is 0 Å². The third-order valence-electron chi connectivity index (χ3n) is 3.81. The average molecular weight is 308 g/mol. The van der Waals surface area contributed by atoms with E-state index in [9.17, 15) is 4.39 Å². The summed E-state index contributed by atoms with van der Waals surface area (Å²) < 4.78 is 15.3. The molecule has 2 rings (SSSR count). The molecule has 0 aliphatic heterocycles. The van der Waals surface area contributed by atoms with Crippen LogP contribution in [-0.2, 0) is 13.1 Å². The van der Waals surface area contributed by atoms with Crippen LogP contribution in [0.4, 0.5) is 4.39 Å². The number of hydrogen-bond donors (Lipinski definition) is 1. The zero-order chi connectivity index (χ0) is 15.6. The predicted octanol–water partition coefficient (Wildman–Crippen LogP) is 4.38. The van der Waals surface area contributed by atoms with Gasteiger partial charge in [-0.05, 0) is 38.6 Å². The molecule has 0 radical (unpaired) electrons. The van der Waals surface area contributed by atoms with E-state index in [4.69, 9.17) is 0 Å². The molecular formula is C17H25FN2S. The van der Waals surface area contributed by atoms with Crippen LogP contribution in [0.15, 0.2) is 18.2 Å². The van der Waals surface area contributed by atoms with Gasteiger partial charge >= 0.3 is 0 Å². The lowest BCUT2D eigenvalue weighted by Crippen LogP contribution is -2.27. The minimum Gasteiger partial charge on any atom is -0.310 e. The molecule has 0 unspecified atom stereocenters. The highest BCUT2D eigenvalue weighted by molar-refractivity contribution is 7.19. The third-order valence-corrected chi connectivity index (χ3v) is 5.00. The quantitative estimate of drug-likeness (QED) is 0.852. The fraction of sp³-hybridized carbons (Fsp3) is 0.529. The Morgan fingerprint density at radius 1 is 1.24 bits per heavy atom. The van der Waals surface area contributed by atoms with E-state index in [0.717, 1.165) is 28.7 Å². The van der Waals surface area contributed by atoms with Gasteiger partial charge in [0.05, 0.1) is 0 Å². The predicted molar refractivity (Wildman–Crippen MR) is 90.4 cm³/mol. The van der Waals surface area contributed by atoms with E-state index in [-0.39, 0.29) is 5.82 Å². The van der Waals surface area contributed by atoms with E-state index in [2.05, 4.69) is 45.0 Å². The minimum atomic E-state index is -0.105. The Morgan fingerprint density at radius 2 is 1.95 bits per heavy atom. The van der Waals surface area contributed by atoms with Gasteiger partial charge < -0.3 is 5.32 Å². The van der Waals surface area contributed by atoms with E-state index in [1.54, 1.807) is 23.5 Å². The fourth-order valence-corrected chi connectivity index (χ4v) is 3.43. The van der Waals surface area contributed by atoms with Crippen LogP contribution in [-0.4, -0.2) is 24.0 Å². The second-order valence-electron chi connectivity index (χ2n) is 6.16. The zero-order valence-corrected chi connectivity index (χ0v) is 14.4. The number of nitrogens with one attached hydrogen (secondary N) is 1. The van der Waals surface area contributed by atoms with E-state index < -0.39 is 0 Å². The number of benzene rings is 1. The first-order valence-corrected chi connectivity index (χ1v) is 8.34. The number of thiophene rings is 1. The first-order valence-electron chi connectivity index (χ1n) is 7.52. The van der Waals surface area contributed by atoms with Gasteiger partial charge in [0.1, 0.15) is 5.82 Å². The smallest absolute Gasteiger partial charge is 0.132 e. The monoisotopic (exact) mass is 308 g/mol. The third kappa shape index (κ3) is 3.82. The molecule has 1 N–H and O–H groups in total. The number of hydrogen-bond acceptors (Lipinski definition) is 3. The second kappa shape index (κ2) is 6.86. The van der Waals surface area contributed by atoms with E-state index in [1.165, 1.54) is 4.88 Å². The summed E-state index contributed by atoms with van der Waals surface area (Å²) in [7, 11) is 2.09. The maximum Gasteiger partial charge on any atom is 0.132 e. The van der Waals surface area contributed by atoms with Crippen molar-refractivity contribution in [2.45, 2.75) is 52.9 Å². The highest BCUT2D eigenvalue weighted by Crippen LogP contribution is 2.34. The zero-order valence-electron chi connectivity index (χ0n) is 13.5. The van der Waals surface area contributed by atoms with E-state index >= 15 is 0 Å². The molecule has 1 aromatic heterocycles. The molecule has 0 amide bonds. The summed E-state index contributed by atoms with van der Waals surface area (Å²) in [4.78, 5) is 3.50. The molecule has 21 heavy (non-hydrogen) atoms. The maximum atomic E-state index is 14.3. The lowest BCUT2D eigenvalue weighted by molar-refractivity contribution is 0.266. The minimum absolute atomic E-state index is 0.105. The Hall–Kier alpha value is -0.970. The topological polar surface area (TPSA) is 15.3 Å². The Balaban J connectivity index is 2.43. The van der Waals surface area contributed by atoms with Crippen LogP contribution >= 0.6 is 11.3 Å². The van der Waals surface area contributed by atoms with Crippen molar-refractivity contribution in [2.24, 2.45) is 0 Å². The van der Waals surface area contributed by atoms with Crippen molar-refractivity contribution in [1.82, 2.24) is 10.2 Å². The highest BCUT2D eigenvalue weighted by atomic mass is 32.1. The van der Waals surface area contributed by atoms with Crippen molar-refractivity contribution in [2.75, 3.05) is 7.05 Å². The van der Waals surface area contributed by atoms with Gasteiger partial charge in [0, 0.05) is 40.1 Å². The number of fused-ring (bicyclic) bond motifs is 1. The SMILES string of the molecule is CC(C)NCc1sc2cccc(F)c2c1CN(C)C(C)C. The molecule has 0 fully saturated rings. The van der Waals surface area contributed by atoms with Gasteiger partial charge in [-0.3, -0.25) is 4.90 Å². The number of halogens is 1. The van der Waals surface area contributed by atoms with Crippen LogP contribution < -0.4 is 5.32 Å². The largest absolute Gasteiger partial charge is 0.310 e. The molecule has 2 aromatic rings. The maximum absolute atomic E-state index is 14.3. The number of nitrogens with zero attached hydrogens (tertiary/aromatic N) is 1. The van der Waals surface area contributed by atoms with Crippen LogP contribution in [0.25, 0.3) is 10.1 Å². The van der Waals surface area contributed by atoms with Crippen molar-refractivity contribution in [3.63, 3.8) is 0 Å². The van der Waals surface area contributed by atoms with Crippen LogP contribution in [0.2, 0.25) is 0 Å². The molecule has 0 aliphatic rings. The van der Waals surface area contributed by atoms with Gasteiger partial charge in [-0.15, -0.1) is 11.3 Å². The molecule has 116 valence electrons. The summed E-state index contributed by atoms with van der Waals surface area (Å²) in [5.74, 6) is -0.105. The van der Waals surface area contributed by atoms with Crippen LogP contribution in [0.5, 0.6) is 0 Å². The normalized spacial score (nSPS) is 12.2. The van der Waals surface area contributed by atoms with Gasteiger partial charge in [-0.25, -0.2) is 4.39 Å². The van der Waals surface area contributed by atoms with Gasteiger partial charge in [0.2, 0.25) is 0 Å². The highest BCUT2D eigenvalue weighted by Gasteiger charge is 2.17. The van der Waals surface area contributed by atoms with Crippen molar-refractivity contribution < 1.29 is 4.39 Å². The van der Waals surface area contributed by atoms with E-state index in [0.29, 0.717) is 12.1 Å². The summed E-state index contributed by atoms with van der Waals surface area (Å²) in [6.45, 7) is 10.2. The molecule has 0 saturated carbocycles. The first kappa shape index (κ1) is 16.4. The van der Waals surface area contributed by atoms with E-state index in [1.807, 2.05) is 6.07 Å². The Bertz CT molecular complexity index is 604. The standard InChI is InChI=1S/C17H25FN2S/c1-11(2)19-9-16-13(10-20(5)12(3)4)17-14(18)7-6-8-15(17)21-16/h6-8,11-12,19H,9-10H2,1-5H3. The molecule has 0 atom stereocenters. The van der Waals surface area contributed by atoms with Crippen molar-refractivity contribution >= 4 is 21.4 Å². The molecule has 2 nitrogen and oxygen atoms in total. The molecule has 0 spiro atoms. The summed E-state index contributed by atoms with van der Waals surface area (Å²) in [5.41, 5.74) is 1.14. The van der Waals surface area contributed by atoms with Gasteiger partial charge in [0.25, 0.3) is 0 Å².